The molecule has 0 bridgehead atoms. The summed E-state index contributed by atoms with van der Waals surface area (Å²) in [6.07, 6.45) is -3.10. The van der Waals surface area contributed by atoms with Crippen LogP contribution in [0, 0.1) is 6.92 Å². The lowest BCUT2D eigenvalue weighted by Crippen LogP contribution is -2.33. The van der Waals surface area contributed by atoms with E-state index in [2.05, 4.69) is 15.1 Å². The molecule has 2 heterocycles. The Morgan fingerprint density at radius 2 is 2.11 bits per heavy atom. The average molecular weight is 280 g/mol. The first kappa shape index (κ1) is 12.9. The number of aromatic nitrogens is 4. The van der Waals surface area contributed by atoms with Crippen LogP contribution in [-0.4, -0.2) is 39.4 Å². The zero-order valence-corrected chi connectivity index (χ0v) is 10.3. The highest BCUT2D eigenvalue weighted by Crippen LogP contribution is 2.27. The molecule has 0 unspecified atom stereocenters. The first-order valence-electron chi connectivity index (χ1n) is 4.93. The van der Waals surface area contributed by atoms with Gasteiger partial charge in [-0.05, 0) is 6.92 Å². The second kappa shape index (κ2) is 4.27. The predicted octanol–water partition coefficient (Wildman–Crippen LogP) is 2.08. The molecular formula is C9H9ClF3N5. The first-order chi connectivity index (χ1) is 8.29. The Morgan fingerprint density at radius 3 is 2.72 bits per heavy atom. The van der Waals surface area contributed by atoms with Crippen LogP contribution in [0.5, 0.6) is 0 Å². The van der Waals surface area contributed by atoms with E-state index in [4.69, 9.17) is 11.6 Å². The van der Waals surface area contributed by atoms with Crippen molar-refractivity contribution in [3.8, 4) is 0 Å². The highest BCUT2D eigenvalue weighted by molar-refractivity contribution is 6.30. The van der Waals surface area contributed by atoms with Crippen LogP contribution in [0.2, 0.25) is 5.15 Å². The van der Waals surface area contributed by atoms with Gasteiger partial charge in [0.2, 0.25) is 0 Å². The summed E-state index contributed by atoms with van der Waals surface area (Å²) in [6.45, 7) is 0.474. The van der Waals surface area contributed by atoms with Crippen LogP contribution < -0.4 is 4.90 Å². The predicted molar refractivity (Wildman–Crippen MR) is 59.9 cm³/mol. The van der Waals surface area contributed by atoms with E-state index in [1.165, 1.54) is 17.9 Å². The van der Waals surface area contributed by atoms with Crippen molar-refractivity contribution in [2.45, 2.75) is 13.1 Å². The summed E-state index contributed by atoms with van der Waals surface area (Å²) >= 11 is 5.86. The van der Waals surface area contributed by atoms with Gasteiger partial charge in [0.05, 0.1) is 0 Å². The van der Waals surface area contributed by atoms with Crippen molar-refractivity contribution in [2.24, 2.45) is 0 Å². The first-order valence-corrected chi connectivity index (χ1v) is 5.31. The Morgan fingerprint density at radius 1 is 1.44 bits per heavy atom. The van der Waals surface area contributed by atoms with E-state index >= 15 is 0 Å². The second-order valence-corrected chi connectivity index (χ2v) is 4.15. The van der Waals surface area contributed by atoms with Crippen molar-refractivity contribution < 1.29 is 13.2 Å². The molecule has 2 aromatic heterocycles. The minimum Gasteiger partial charge on any atom is -0.350 e. The topological polar surface area (TPSA) is 46.3 Å². The standard InChI is InChI=1S/C9H9ClF3N5/c1-5-6(10)16-8-14-4-15-18(8)7(5)17(2)3-9(11,12)13/h4H,3H2,1-2H3. The van der Waals surface area contributed by atoms with Gasteiger partial charge in [-0.15, -0.1) is 0 Å². The summed E-state index contributed by atoms with van der Waals surface area (Å²) in [6, 6.07) is 0. The minimum absolute atomic E-state index is 0.111. The highest BCUT2D eigenvalue weighted by atomic mass is 35.5. The normalized spacial score (nSPS) is 12.1. The highest BCUT2D eigenvalue weighted by Gasteiger charge is 2.31. The minimum atomic E-state index is -4.32. The number of hydrogen-bond acceptors (Lipinski definition) is 4. The monoisotopic (exact) mass is 279 g/mol. The lowest BCUT2D eigenvalue weighted by molar-refractivity contribution is -0.119. The third-order valence-corrected chi connectivity index (χ3v) is 2.72. The van der Waals surface area contributed by atoms with Gasteiger partial charge in [-0.3, -0.25) is 0 Å². The van der Waals surface area contributed by atoms with Crippen LogP contribution in [0.25, 0.3) is 5.78 Å². The van der Waals surface area contributed by atoms with E-state index in [1.807, 2.05) is 0 Å². The molecule has 9 heteroatoms. The van der Waals surface area contributed by atoms with E-state index in [9.17, 15) is 13.2 Å². The zero-order chi connectivity index (χ0) is 13.5. The van der Waals surface area contributed by atoms with Crippen LogP contribution in [0.3, 0.4) is 0 Å². The van der Waals surface area contributed by atoms with Crippen molar-refractivity contribution in [3.63, 3.8) is 0 Å². The molecule has 5 nitrogen and oxygen atoms in total. The Kier molecular flexibility index (Phi) is 3.05. The molecule has 0 aliphatic carbocycles. The van der Waals surface area contributed by atoms with Crippen LogP contribution >= 0.6 is 11.6 Å². The van der Waals surface area contributed by atoms with Gasteiger partial charge in [0.15, 0.2) is 0 Å². The smallest absolute Gasteiger partial charge is 0.350 e. The van der Waals surface area contributed by atoms with Gasteiger partial charge >= 0.3 is 6.18 Å². The summed E-state index contributed by atoms with van der Waals surface area (Å²) in [5.41, 5.74) is 0.418. The Balaban J connectivity index is 2.54. The molecule has 0 atom stereocenters. The summed E-state index contributed by atoms with van der Waals surface area (Å²) < 4.78 is 38.5. The molecule has 98 valence electrons. The van der Waals surface area contributed by atoms with E-state index in [0.29, 0.717) is 5.56 Å². The third kappa shape index (κ3) is 2.33. The van der Waals surface area contributed by atoms with Crippen LogP contribution in [0.15, 0.2) is 6.33 Å². The summed E-state index contributed by atoms with van der Waals surface area (Å²) in [7, 11) is 1.31. The maximum absolute atomic E-state index is 12.4. The SMILES string of the molecule is Cc1c(Cl)nc2ncnn2c1N(C)CC(F)(F)F. The van der Waals surface area contributed by atoms with Gasteiger partial charge in [-0.1, -0.05) is 11.6 Å². The van der Waals surface area contributed by atoms with Gasteiger partial charge in [0, 0.05) is 12.6 Å². The number of nitrogens with zero attached hydrogens (tertiary/aromatic N) is 5. The molecule has 2 rings (SSSR count). The van der Waals surface area contributed by atoms with Crippen LogP contribution in [0.4, 0.5) is 19.0 Å². The fourth-order valence-corrected chi connectivity index (χ4v) is 1.84. The number of rotatable bonds is 2. The molecule has 0 radical (unpaired) electrons. The third-order valence-electron chi connectivity index (χ3n) is 2.35. The van der Waals surface area contributed by atoms with E-state index in [-0.39, 0.29) is 16.7 Å². The maximum atomic E-state index is 12.4. The van der Waals surface area contributed by atoms with Gasteiger partial charge in [-0.25, -0.2) is 0 Å². The summed E-state index contributed by atoms with van der Waals surface area (Å²) in [5.74, 6) is 0.384. The van der Waals surface area contributed by atoms with Crippen molar-refractivity contribution in [1.82, 2.24) is 19.6 Å². The molecule has 0 spiro atoms. The summed E-state index contributed by atoms with van der Waals surface area (Å²) in [5, 5.41) is 3.96. The van der Waals surface area contributed by atoms with E-state index in [1.54, 1.807) is 6.92 Å². The Hall–Kier alpha value is -1.57. The lowest BCUT2D eigenvalue weighted by Gasteiger charge is -2.23. The number of hydrogen-bond donors (Lipinski definition) is 0. The molecule has 0 saturated carbocycles. The van der Waals surface area contributed by atoms with Gasteiger partial charge in [0.25, 0.3) is 5.78 Å². The molecule has 0 aliphatic rings. The Bertz CT molecular complexity index is 579. The molecule has 2 aromatic rings. The van der Waals surface area contributed by atoms with Crippen molar-refractivity contribution in [2.75, 3.05) is 18.5 Å². The Labute approximate surface area is 105 Å². The van der Waals surface area contributed by atoms with Gasteiger partial charge in [-0.2, -0.15) is 32.8 Å². The van der Waals surface area contributed by atoms with Crippen LogP contribution in [0.1, 0.15) is 5.56 Å². The quantitative estimate of drug-likeness (QED) is 0.790. The zero-order valence-electron chi connectivity index (χ0n) is 9.53. The molecule has 0 saturated heterocycles. The van der Waals surface area contributed by atoms with Crippen molar-refractivity contribution in [3.05, 3.63) is 17.0 Å². The molecular weight excluding hydrogens is 271 g/mol. The van der Waals surface area contributed by atoms with Crippen LogP contribution in [-0.2, 0) is 0 Å². The maximum Gasteiger partial charge on any atom is 0.405 e. The molecule has 0 aromatic carbocycles. The number of alkyl halides is 3. The molecule has 0 fully saturated rings. The van der Waals surface area contributed by atoms with E-state index in [0.717, 1.165) is 4.90 Å². The molecule has 0 aliphatic heterocycles. The van der Waals surface area contributed by atoms with Gasteiger partial charge in [0.1, 0.15) is 23.8 Å². The lowest BCUT2D eigenvalue weighted by atomic mass is 10.3. The fraction of sp³-hybridized carbons (Fsp3) is 0.444. The van der Waals surface area contributed by atoms with Crippen molar-refractivity contribution in [1.29, 1.82) is 0 Å². The number of fused-ring (bicyclic) bond motifs is 1. The van der Waals surface area contributed by atoms with E-state index < -0.39 is 12.7 Å². The molecule has 0 N–H and O–H groups in total. The fourth-order valence-electron chi connectivity index (χ4n) is 1.68. The number of halogens is 4. The average Bonchev–Trinajstić information content (AvgIpc) is 2.63. The second-order valence-electron chi connectivity index (χ2n) is 3.79. The molecule has 18 heavy (non-hydrogen) atoms. The number of anilines is 1. The van der Waals surface area contributed by atoms with Gasteiger partial charge < -0.3 is 4.90 Å². The summed E-state index contributed by atoms with van der Waals surface area (Å²) in [4.78, 5) is 8.75. The van der Waals surface area contributed by atoms with Crippen molar-refractivity contribution >= 4 is 23.2 Å². The largest absolute Gasteiger partial charge is 0.405 e. The molecule has 0 amide bonds.